The lowest BCUT2D eigenvalue weighted by molar-refractivity contribution is 0.395. The summed E-state index contributed by atoms with van der Waals surface area (Å²) in [5.74, 6) is 2.65. The van der Waals surface area contributed by atoms with Crippen molar-refractivity contribution >= 4 is 17.5 Å². The van der Waals surface area contributed by atoms with Gasteiger partial charge in [0.05, 0.1) is 31.3 Å². The first-order chi connectivity index (χ1) is 13.2. The Hall–Kier alpha value is -3.35. The zero-order valence-electron chi connectivity index (χ0n) is 15.3. The fourth-order valence-corrected chi connectivity index (χ4v) is 2.67. The second-order valence-electron chi connectivity index (χ2n) is 6.29. The molecule has 138 valence electrons. The molecule has 2 N–H and O–H groups in total. The Labute approximate surface area is 157 Å². The average Bonchev–Trinajstić information content (AvgIpc) is 3.52. The molecule has 1 aliphatic rings. The summed E-state index contributed by atoms with van der Waals surface area (Å²) < 4.78 is 10.7. The molecule has 0 unspecified atom stereocenters. The van der Waals surface area contributed by atoms with E-state index in [9.17, 15) is 0 Å². The largest absolute Gasteiger partial charge is 0.497 e. The molecule has 1 fully saturated rings. The van der Waals surface area contributed by atoms with E-state index in [-0.39, 0.29) is 0 Å². The Morgan fingerprint density at radius 1 is 0.963 bits per heavy atom. The predicted octanol–water partition coefficient (Wildman–Crippen LogP) is 3.87. The van der Waals surface area contributed by atoms with Gasteiger partial charge in [-0.05, 0) is 37.1 Å². The number of hydrogen-bond donors (Lipinski definition) is 2. The number of aromatic nitrogens is 3. The van der Waals surface area contributed by atoms with Gasteiger partial charge < -0.3 is 20.1 Å². The van der Waals surface area contributed by atoms with Crippen LogP contribution >= 0.6 is 0 Å². The van der Waals surface area contributed by atoms with Gasteiger partial charge in [0.2, 0.25) is 5.95 Å². The summed E-state index contributed by atoms with van der Waals surface area (Å²) in [6, 6.07) is 13.7. The van der Waals surface area contributed by atoms with Crippen LogP contribution in [0.25, 0.3) is 11.4 Å². The summed E-state index contributed by atoms with van der Waals surface area (Å²) in [7, 11) is 3.25. The first-order valence-corrected chi connectivity index (χ1v) is 8.81. The summed E-state index contributed by atoms with van der Waals surface area (Å²) in [4.78, 5) is 13.6. The predicted molar refractivity (Wildman–Crippen MR) is 105 cm³/mol. The fraction of sp³-hybridized carbons (Fsp3) is 0.250. The molecule has 1 aromatic carbocycles. The highest BCUT2D eigenvalue weighted by Gasteiger charge is 2.22. The number of anilines is 3. The quantitative estimate of drug-likeness (QED) is 0.659. The number of ether oxygens (including phenoxy) is 2. The smallest absolute Gasteiger partial charge is 0.225 e. The van der Waals surface area contributed by atoms with Crippen LogP contribution in [-0.4, -0.2) is 35.2 Å². The summed E-state index contributed by atoms with van der Waals surface area (Å²) in [5, 5.41) is 6.68. The number of pyridine rings is 1. The van der Waals surface area contributed by atoms with Crippen LogP contribution < -0.4 is 20.1 Å². The van der Waals surface area contributed by atoms with Crippen LogP contribution in [0.3, 0.4) is 0 Å². The first-order valence-electron chi connectivity index (χ1n) is 8.81. The number of nitrogens with zero attached hydrogens (tertiary/aromatic N) is 3. The fourth-order valence-electron chi connectivity index (χ4n) is 2.67. The van der Waals surface area contributed by atoms with E-state index >= 15 is 0 Å². The van der Waals surface area contributed by atoms with Crippen LogP contribution in [-0.2, 0) is 0 Å². The Bertz CT molecular complexity index is 929. The average molecular weight is 363 g/mol. The number of methoxy groups -OCH3 is 2. The van der Waals surface area contributed by atoms with Crippen LogP contribution in [0.4, 0.5) is 17.5 Å². The topological polar surface area (TPSA) is 81.2 Å². The molecule has 0 aliphatic heterocycles. The molecular formula is C20H21N5O2. The molecule has 0 atom stereocenters. The summed E-state index contributed by atoms with van der Waals surface area (Å²) >= 11 is 0. The van der Waals surface area contributed by atoms with Crippen LogP contribution in [0, 0.1) is 0 Å². The normalized spacial score (nSPS) is 13.1. The van der Waals surface area contributed by atoms with Crippen molar-refractivity contribution in [2.24, 2.45) is 0 Å². The highest BCUT2D eigenvalue weighted by Crippen LogP contribution is 2.32. The number of nitrogens with one attached hydrogen (secondary N) is 2. The van der Waals surface area contributed by atoms with Gasteiger partial charge in [0.15, 0.2) is 0 Å². The molecule has 0 spiro atoms. The van der Waals surface area contributed by atoms with Gasteiger partial charge in [-0.3, -0.25) is 4.98 Å². The molecule has 1 saturated carbocycles. The van der Waals surface area contributed by atoms with Crippen molar-refractivity contribution in [3.8, 4) is 22.9 Å². The van der Waals surface area contributed by atoms with E-state index in [2.05, 4.69) is 25.6 Å². The molecule has 4 rings (SSSR count). The van der Waals surface area contributed by atoms with Crippen molar-refractivity contribution in [1.29, 1.82) is 0 Å². The molecule has 27 heavy (non-hydrogen) atoms. The molecule has 0 saturated heterocycles. The minimum Gasteiger partial charge on any atom is -0.497 e. The lowest BCUT2D eigenvalue weighted by Crippen LogP contribution is -2.08. The van der Waals surface area contributed by atoms with Crippen molar-refractivity contribution in [3.05, 3.63) is 48.7 Å². The van der Waals surface area contributed by atoms with Gasteiger partial charge in [0.25, 0.3) is 0 Å². The van der Waals surface area contributed by atoms with Crippen LogP contribution in [0.15, 0.2) is 48.7 Å². The van der Waals surface area contributed by atoms with Crippen molar-refractivity contribution in [2.45, 2.75) is 18.9 Å². The molecule has 0 amide bonds. The summed E-state index contributed by atoms with van der Waals surface area (Å²) in [5.41, 5.74) is 2.34. The Balaban J connectivity index is 1.69. The van der Waals surface area contributed by atoms with Gasteiger partial charge in [0, 0.05) is 24.4 Å². The molecule has 1 aliphatic carbocycles. The number of benzene rings is 1. The molecule has 0 radical (unpaired) electrons. The van der Waals surface area contributed by atoms with E-state index < -0.39 is 0 Å². The SMILES string of the molecule is COc1ccc(Nc2cc(-c3ccccn3)nc(NC3CC3)n2)c(OC)c1. The minimum atomic E-state index is 0.451. The third kappa shape index (κ3) is 4.08. The van der Waals surface area contributed by atoms with Gasteiger partial charge in [-0.25, -0.2) is 4.98 Å². The molecule has 7 heteroatoms. The molecule has 0 bridgehead atoms. The highest BCUT2D eigenvalue weighted by molar-refractivity contribution is 5.69. The first kappa shape index (κ1) is 17.1. The van der Waals surface area contributed by atoms with Crippen molar-refractivity contribution in [1.82, 2.24) is 15.0 Å². The summed E-state index contributed by atoms with van der Waals surface area (Å²) in [6.07, 6.45) is 4.05. The van der Waals surface area contributed by atoms with Crippen molar-refractivity contribution < 1.29 is 9.47 Å². The van der Waals surface area contributed by atoms with E-state index in [0.717, 1.165) is 35.7 Å². The van der Waals surface area contributed by atoms with Crippen LogP contribution in [0.2, 0.25) is 0 Å². The molecular weight excluding hydrogens is 342 g/mol. The summed E-state index contributed by atoms with van der Waals surface area (Å²) in [6.45, 7) is 0. The number of hydrogen-bond acceptors (Lipinski definition) is 7. The van der Waals surface area contributed by atoms with Gasteiger partial charge in [0.1, 0.15) is 17.3 Å². The van der Waals surface area contributed by atoms with Crippen LogP contribution in [0.5, 0.6) is 11.5 Å². The lowest BCUT2D eigenvalue weighted by atomic mass is 10.2. The minimum absolute atomic E-state index is 0.451. The third-order valence-electron chi connectivity index (χ3n) is 4.24. The van der Waals surface area contributed by atoms with E-state index in [1.54, 1.807) is 20.4 Å². The zero-order chi connectivity index (χ0) is 18.6. The number of rotatable bonds is 7. The third-order valence-corrected chi connectivity index (χ3v) is 4.24. The molecule has 2 aromatic heterocycles. The van der Waals surface area contributed by atoms with E-state index in [1.807, 2.05) is 42.5 Å². The maximum atomic E-state index is 5.47. The molecule has 2 heterocycles. The van der Waals surface area contributed by atoms with Gasteiger partial charge in [-0.1, -0.05) is 6.07 Å². The highest BCUT2D eigenvalue weighted by atomic mass is 16.5. The standard InChI is InChI=1S/C20H21N5O2/c1-26-14-8-9-16(18(11-14)27-2)23-19-12-17(15-5-3-4-10-21-15)24-20(25-19)22-13-6-7-13/h3-5,8-13H,6-7H2,1-2H3,(H2,22,23,24,25). The lowest BCUT2D eigenvalue weighted by Gasteiger charge is -2.14. The van der Waals surface area contributed by atoms with Crippen LogP contribution in [0.1, 0.15) is 12.8 Å². The monoisotopic (exact) mass is 363 g/mol. The Morgan fingerprint density at radius 3 is 2.56 bits per heavy atom. The second-order valence-corrected chi connectivity index (χ2v) is 6.29. The van der Waals surface area contributed by atoms with E-state index in [4.69, 9.17) is 9.47 Å². The Kier molecular flexibility index (Phi) is 4.74. The molecule has 3 aromatic rings. The maximum Gasteiger partial charge on any atom is 0.225 e. The van der Waals surface area contributed by atoms with Gasteiger partial charge >= 0.3 is 0 Å². The second kappa shape index (κ2) is 7.49. The Morgan fingerprint density at radius 2 is 1.85 bits per heavy atom. The van der Waals surface area contributed by atoms with Crippen molar-refractivity contribution in [2.75, 3.05) is 24.9 Å². The van der Waals surface area contributed by atoms with Gasteiger partial charge in [-0.15, -0.1) is 0 Å². The van der Waals surface area contributed by atoms with Crippen molar-refractivity contribution in [3.63, 3.8) is 0 Å². The molecule has 7 nitrogen and oxygen atoms in total. The zero-order valence-corrected chi connectivity index (χ0v) is 15.3. The van der Waals surface area contributed by atoms with E-state index in [1.165, 1.54) is 0 Å². The van der Waals surface area contributed by atoms with Gasteiger partial charge in [-0.2, -0.15) is 4.98 Å². The van der Waals surface area contributed by atoms with E-state index in [0.29, 0.717) is 23.6 Å². The maximum absolute atomic E-state index is 5.47.